The fourth-order valence-corrected chi connectivity index (χ4v) is 3.17. The summed E-state index contributed by atoms with van der Waals surface area (Å²) in [5.41, 5.74) is 0.579. The Kier molecular flexibility index (Phi) is 7.26. The Morgan fingerprint density at radius 3 is 2.40 bits per heavy atom. The van der Waals surface area contributed by atoms with Crippen LogP contribution >= 0.6 is 0 Å². The molecule has 0 aliphatic carbocycles. The SMILES string of the molecule is COC1(C(=O)NC(C)CCc2ccc(OC(C)C)cc2)CCNCC1. The van der Waals surface area contributed by atoms with E-state index in [1.807, 2.05) is 26.0 Å². The molecular formula is C20H32N2O3. The first-order chi connectivity index (χ1) is 11.9. The van der Waals surface area contributed by atoms with Gasteiger partial charge in [-0.05, 0) is 77.2 Å². The van der Waals surface area contributed by atoms with Gasteiger partial charge in [0.25, 0.3) is 5.91 Å². The Labute approximate surface area is 151 Å². The standard InChI is InChI=1S/C20H32N2O3/c1-15(2)25-18-9-7-17(8-10-18)6-5-16(3)22-19(23)20(24-4)11-13-21-14-12-20/h7-10,15-16,21H,5-6,11-14H2,1-4H3,(H,22,23). The maximum atomic E-state index is 12.6. The van der Waals surface area contributed by atoms with Gasteiger partial charge in [0.15, 0.2) is 0 Å². The highest BCUT2D eigenvalue weighted by Gasteiger charge is 2.39. The summed E-state index contributed by atoms with van der Waals surface area (Å²) in [6, 6.07) is 8.31. The van der Waals surface area contributed by atoms with E-state index >= 15 is 0 Å². The molecule has 0 bridgehead atoms. The minimum atomic E-state index is -0.671. The zero-order chi connectivity index (χ0) is 18.3. The molecule has 1 aliphatic heterocycles. The van der Waals surface area contributed by atoms with E-state index < -0.39 is 5.60 Å². The van der Waals surface area contributed by atoms with Crippen molar-refractivity contribution in [1.29, 1.82) is 0 Å². The van der Waals surface area contributed by atoms with E-state index in [-0.39, 0.29) is 18.1 Å². The first-order valence-electron chi connectivity index (χ1n) is 9.27. The van der Waals surface area contributed by atoms with Gasteiger partial charge >= 0.3 is 0 Å². The smallest absolute Gasteiger partial charge is 0.252 e. The van der Waals surface area contributed by atoms with Gasteiger partial charge < -0.3 is 20.1 Å². The third kappa shape index (κ3) is 5.72. The molecule has 0 saturated carbocycles. The lowest BCUT2D eigenvalue weighted by Crippen LogP contribution is -2.55. The molecule has 1 aliphatic rings. The van der Waals surface area contributed by atoms with Crippen LogP contribution in [-0.4, -0.2) is 43.9 Å². The maximum Gasteiger partial charge on any atom is 0.252 e. The number of aryl methyl sites for hydroxylation is 1. The highest BCUT2D eigenvalue weighted by molar-refractivity contribution is 5.85. The monoisotopic (exact) mass is 348 g/mol. The van der Waals surface area contributed by atoms with Crippen molar-refractivity contribution >= 4 is 5.91 Å². The molecule has 1 amide bonds. The average molecular weight is 348 g/mol. The summed E-state index contributed by atoms with van der Waals surface area (Å²) in [5.74, 6) is 0.915. The van der Waals surface area contributed by atoms with Gasteiger partial charge in [0.05, 0.1) is 6.10 Å². The van der Waals surface area contributed by atoms with Gasteiger partial charge in [-0.15, -0.1) is 0 Å². The summed E-state index contributed by atoms with van der Waals surface area (Å²) in [4.78, 5) is 12.6. The van der Waals surface area contributed by atoms with Gasteiger partial charge in [-0.2, -0.15) is 0 Å². The average Bonchev–Trinajstić information content (AvgIpc) is 2.61. The van der Waals surface area contributed by atoms with Crippen molar-refractivity contribution in [1.82, 2.24) is 10.6 Å². The van der Waals surface area contributed by atoms with Crippen LogP contribution in [0.4, 0.5) is 0 Å². The highest BCUT2D eigenvalue weighted by Crippen LogP contribution is 2.23. The van der Waals surface area contributed by atoms with E-state index in [4.69, 9.17) is 9.47 Å². The molecule has 1 heterocycles. The molecule has 2 rings (SSSR count). The number of hydrogen-bond donors (Lipinski definition) is 2. The van der Waals surface area contributed by atoms with Gasteiger partial charge in [0, 0.05) is 13.2 Å². The fraction of sp³-hybridized carbons (Fsp3) is 0.650. The molecule has 1 aromatic rings. The van der Waals surface area contributed by atoms with Gasteiger partial charge in [-0.25, -0.2) is 0 Å². The normalized spacial score (nSPS) is 18.0. The van der Waals surface area contributed by atoms with E-state index in [0.29, 0.717) is 0 Å². The number of hydrogen-bond acceptors (Lipinski definition) is 4. The van der Waals surface area contributed by atoms with Crippen LogP contribution in [0.5, 0.6) is 5.75 Å². The first-order valence-corrected chi connectivity index (χ1v) is 9.27. The molecule has 0 radical (unpaired) electrons. The second-order valence-corrected chi connectivity index (χ2v) is 7.17. The van der Waals surface area contributed by atoms with Gasteiger partial charge in [-0.3, -0.25) is 4.79 Å². The number of ether oxygens (including phenoxy) is 2. The number of carbonyl (C=O) groups is 1. The first kappa shape index (κ1) is 19.7. The number of methoxy groups -OCH3 is 1. The fourth-order valence-electron chi connectivity index (χ4n) is 3.17. The largest absolute Gasteiger partial charge is 0.491 e. The van der Waals surface area contributed by atoms with Crippen molar-refractivity contribution < 1.29 is 14.3 Å². The third-order valence-electron chi connectivity index (χ3n) is 4.75. The lowest BCUT2D eigenvalue weighted by atomic mass is 9.90. The maximum absolute atomic E-state index is 12.6. The molecule has 1 saturated heterocycles. The molecule has 2 N–H and O–H groups in total. The summed E-state index contributed by atoms with van der Waals surface area (Å²) >= 11 is 0. The predicted molar refractivity (Wildman–Crippen MR) is 100.0 cm³/mol. The number of nitrogens with one attached hydrogen (secondary N) is 2. The Balaban J connectivity index is 1.81. The third-order valence-corrected chi connectivity index (χ3v) is 4.75. The topological polar surface area (TPSA) is 59.6 Å². The van der Waals surface area contributed by atoms with Crippen LogP contribution in [0, 0.1) is 0 Å². The van der Waals surface area contributed by atoms with Gasteiger partial charge in [0.2, 0.25) is 0 Å². The van der Waals surface area contributed by atoms with Crippen LogP contribution in [0.15, 0.2) is 24.3 Å². The summed E-state index contributed by atoms with van der Waals surface area (Å²) in [6.07, 6.45) is 3.45. The minimum Gasteiger partial charge on any atom is -0.491 e. The Morgan fingerprint density at radius 1 is 1.20 bits per heavy atom. The molecule has 140 valence electrons. The van der Waals surface area contributed by atoms with E-state index in [9.17, 15) is 4.79 Å². The molecule has 1 unspecified atom stereocenters. The van der Waals surface area contributed by atoms with Crippen LogP contribution in [0.3, 0.4) is 0 Å². The molecule has 1 aromatic carbocycles. The molecule has 1 fully saturated rings. The number of benzene rings is 1. The van der Waals surface area contributed by atoms with E-state index in [1.165, 1.54) is 5.56 Å². The Bertz CT molecular complexity index is 536. The molecule has 1 atom stereocenters. The number of amides is 1. The van der Waals surface area contributed by atoms with Gasteiger partial charge in [0.1, 0.15) is 11.4 Å². The van der Waals surface area contributed by atoms with Crippen LogP contribution < -0.4 is 15.4 Å². The molecule has 25 heavy (non-hydrogen) atoms. The van der Waals surface area contributed by atoms with Gasteiger partial charge in [-0.1, -0.05) is 12.1 Å². The lowest BCUT2D eigenvalue weighted by Gasteiger charge is -2.35. The van der Waals surface area contributed by atoms with E-state index in [1.54, 1.807) is 7.11 Å². The molecule has 5 heteroatoms. The van der Waals surface area contributed by atoms with E-state index in [0.717, 1.165) is 44.5 Å². The predicted octanol–water partition coefficient (Wildman–Crippen LogP) is 2.68. The Hall–Kier alpha value is -1.59. The van der Waals surface area contributed by atoms with Crippen LogP contribution in [0.2, 0.25) is 0 Å². The van der Waals surface area contributed by atoms with Crippen LogP contribution in [0.1, 0.15) is 45.6 Å². The number of carbonyl (C=O) groups excluding carboxylic acids is 1. The zero-order valence-corrected chi connectivity index (χ0v) is 15.9. The van der Waals surface area contributed by atoms with Crippen molar-refractivity contribution in [2.75, 3.05) is 20.2 Å². The molecule has 0 aromatic heterocycles. The quantitative estimate of drug-likeness (QED) is 0.758. The summed E-state index contributed by atoms with van der Waals surface area (Å²) < 4.78 is 11.2. The van der Waals surface area contributed by atoms with Crippen molar-refractivity contribution in [2.45, 2.75) is 64.2 Å². The minimum absolute atomic E-state index is 0.0182. The zero-order valence-electron chi connectivity index (χ0n) is 15.9. The number of rotatable bonds is 8. The number of piperidine rings is 1. The Morgan fingerprint density at radius 2 is 1.84 bits per heavy atom. The van der Waals surface area contributed by atoms with Crippen molar-refractivity contribution in [3.63, 3.8) is 0 Å². The molecular weight excluding hydrogens is 316 g/mol. The highest BCUT2D eigenvalue weighted by atomic mass is 16.5. The second kappa shape index (κ2) is 9.20. The summed E-state index contributed by atoms with van der Waals surface area (Å²) in [7, 11) is 1.64. The van der Waals surface area contributed by atoms with E-state index in [2.05, 4.69) is 29.7 Å². The van der Waals surface area contributed by atoms with Crippen LogP contribution in [0.25, 0.3) is 0 Å². The van der Waals surface area contributed by atoms with Crippen molar-refractivity contribution in [2.24, 2.45) is 0 Å². The lowest BCUT2D eigenvalue weighted by molar-refractivity contribution is -0.147. The summed E-state index contributed by atoms with van der Waals surface area (Å²) in [5, 5.41) is 6.41. The second-order valence-electron chi connectivity index (χ2n) is 7.17. The molecule has 0 spiro atoms. The van der Waals surface area contributed by atoms with Crippen molar-refractivity contribution in [3.05, 3.63) is 29.8 Å². The summed E-state index contributed by atoms with van der Waals surface area (Å²) in [6.45, 7) is 7.74. The van der Waals surface area contributed by atoms with Crippen molar-refractivity contribution in [3.8, 4) is 5.75 Å². The molecule has 5 nitrogen and oxygen atoms in total. The van der Waals surface area contributed by atoms with Crippen LogP contribution in [-0.2, 0) is 16.0 Å².